The molecule has 0 fully saturated rings. The predicted octanol–water partition coefficient (Wildman–Crippen LogP) is 5.35. The highest BCUT2D eigenvalue weighted by Gasteiger charge is 1.92. The third-order valence-corrected chi connectivity index (χ3v) is 3.16. The third kappa shape index (κ3) is 15.4. The maximum Gasteiger partial charge on any atom is 0.225 e. The summed E-state index contributed by atoms with van der Waals surface area (Å²) in [5, 5.41) is 0. The van der Waals surface area contributed by atoms with Crippen molar-refractivity contribution >= 4 is 6.29 Å². The maximum absolute atomic E-state index is 9.89. The molecule has 0 amide bonds. The van der Waals surface area contributed by atoms with Crippen molar-refractivity contribution in [2.75, 3.05) is 0 Å². The molecule has 0 rings (SSSR count). The summed E-state index contributed by atoms with van der Waals surface area (Å²) in [5.74, 6) is 0. The number of hydrogen-bond acceptors (Lipinski definition) is 1. The lowest BCUT2D eigenvalue weighted by molar-refractivity contribution is 0.550. The molecule has 0 heterocycles. The summed E-state index contributed by atoms with van der Waals surface area (Å²) in [4.78, 5) is 9.89. The van der Waals surface area contributed by atoms with E-state index in [0.29, 0.717) is 0 Å². The molecular weight excluding hydrogens is 208 g/mol. The minimum atomic E-state index is 1.03. The van der Waals surface area contributed by atoms with E-state index in [0.717, 1.165) is 6.42 Å². The molecule has 1 radical (unpaired) electrons. The Bertz CT molecular complexity index is 172. The zero-order valence-corrected chi connectivity index (χ0v) is 11.5. The maximum atomic E-state index is 9.89. The van der Waals surface area contributed by atoms with E-state index in [1.54, 1.807) is 6.29 Å². The van der Waals surface area contributed by atoms with Crippen molar-refractivity contribution < 1.29 is 4.79 Å². The average Bonchev–Trinajstić information content (AvgIpc) is 2.35. The first kappa shape index (κ1) is 16.4. The van der Waals surface area contributed by atoms with Crippen LogP contribution in [-0.4, -0.2) is 6.29 Å². The average molecular weight is 237 g/mol. The molecule has 0 bridgehead atoms. The molecule has 0 aromatic heterocycles. The van der Waals surface area contributed by atoms with Crippen molar-refractivity contribution in [1.29, 1.82) is 0 Å². The fourth-order valence-electron chi connectivity index (χ4n) is 2.06. The van der Waals surface area contributed by atoms with Gasteiger partial charge in [0.2, 0.25) is 6.29 Å². The molecule has 0 unspecified atom stereocenters. The van der Waals surface area contributed by atoms with Crippen molar-refractivity contribution in [2.24, 2.45) is 0 Å². The third-order valence-electron chi connectivity index (χ3n) is 3.16. The van der Waals surface area contributed by atoms with Crippen LogP contribution >= 0.6 is 0 Å². The van der Waals surface area contributed by atoms with E-state index in [2.05, 4.69) is 6.92 Å². The van der Waals surface area contributed by atoms with Gasteiger partial charge in [0, 0.05) is 0 Å². The van der Waals surface area contributed by atoms with E-state index in [4.69, 9.17) is 0 Å². The van der Waals surface area contributed by atoms with Crippen molar-refractivity contribution in [1.82, 2.24) is 0 Å². The molecule has 0 aliphatic rings. The Balaban J connectivity index is 2.93. The van der Waals surface area contributed by atoms with E-state index in [1.165, 1.54) is 76.7 Å². The van der Waals surface area contributed by atoms with Gasteiger partial charge in [0.25, 0.3) is 0 Å². The summed E-state index contributed by atoms with van der Waals surface area (Å²) in [6, 6.07) is 0. The Labute approximate surface area is 108 Å². The standard InChI is InChI=1S/C16H29O/c1-2-3-4-5-6-7-8-9-10-11-12-13-14-15-16-17/h14-15H,2-13H2,1H3/b15-14-. The first-order chi connectivity index (χ1) is 8.41. The van der Waals surface area contributed by atoms with Gasteiger partial charge in [-0.15, -0.1) is 0 Å². The molecule has 1 heteroatoms. The molecule has 0 aliphatic carbocycles. The lowest BCUT2D eigenvalue weighted by atomic mass is 10.1. The lowest BCUT2D eigenvalue weighted by Gasteiger charge is -2.01. The summed E-state index contributed by atoms with van der Waals surface area (Å²) in [5.41, 5.74) is 0. The van der Waals surface area contributed by atoms with Gasteiger partial charge in [0.05, 0.1) is 0 Å². The molecule has 0 saturated carbocycles. The lowest BCUT2D eigenvalue weighted by Crippen LogP contribution is -1.82. The Morgan fingerprint density at radius 2 is 1.24 bits per heavy atom. The minimum absolute atomic E-state index is 1.03. The van der Waals surface area contributed by atoms with Crippen molar-refractivity contribution in [2.45, 2.75) is 84.0 Å². The largest absolute Gasteiger partial charge is 0.286 e. The summed E-state index contributed by atoms with van der Waals surface area (Å²) >= 11 is 0. The summed E-state index contributed by atoms with van der Waals surface area (Å²) in [7, 11) is 0. The SMILES string of the molecule is CCCCCCCCCCCCC/C=C\[C]=O. The molecule has 0 saturated heterocycles. The monoisotopic (exact) mass is 237 g/mol. The topological polar surface area (TPSA) is 17.1 Å². The van der Waals surface area contributed by atoms with Crippen LogP contribution in [0.5, 0.6) is 0 Å². The molecule has 0 atom stereocenters. The number of carbonyl (C=O) groups excluding carboxylic acids is 1. The molecule has 0 N–H and O–H groups in total. The highest BCUT2D eigenvalue weighted by molar-refractivity contribution is 5.65. The van der Waals surface area contributed by atoms with Crippen LogP contribution in [0.3, 0.4) is 0 Å². The van der Waals surface area contributed by atoms with Gasteiger partial charge >= 0.3 is 0 Å². The molecule has 1 nitrogen and oxygen atoms in total. The van der Waals surface area contributed by atoms with Crippen LogP contribution in [0.15, 0.2) is 12.2 Å². The van der Waals surface area contributed by atoms with Crippen LogP contribution in [-0.2, 0) is 4.79 Å². The Kier molecular flexibility index (Phi) is 14.9. The summed E-state index contributed by atoms with van der Waals surface area (Å²) in [6.45, 7) is 2.27. The highest BCUT2D eigenvalue weighted by Crippen LogP contribution is 2.11. The quantitative estimate of drug-likeness (QED) is 0.311. The Morgan fingerprint density at radius 1 is 0.765 bits per heavy atom. The highest BCUT2D eigenvalue weighted by atomic mass is 16.1. The van der Waals surface area contributed by atoms with Crippen LogP contribution in [0.4, 0.5) is 0 Å². The van der Waals surface area contributed by atoms with Crippen LogP contribution in [0.1, 0.15) is 84.0 Å². The molecule has 0 aromatic carbocycles. The van der Waals surface area contributed by atoms with Gasteiger partial charge in [-0.25, -0.2) is 0 Å². The Morgan fingerprint density at radius 3 is 1.71 bits per heavy atom. The van der Waals surface area contributed by atoms with Crippen LogP contribution in [0, 0.1) is 0 Å². The first-order valence-corrected chi connectivity index (χ1v) is 7.44. The molecule has 0 spiro atoms. The van der Waals surface area contributed by atoms with Crippen molar-refractivity contribution in [3.8, 4) is 0 Å². The number of rotatable bonds is 13. The summed E-state index contributed by atoms with van der Waals surface area (Å²) < 4.78 is 0. The predicted molar refractivity (Wildman–Crippen MR) is 75.9 cm³/mol. The zero-order chi connectivity index (χ0) is 12.6. The smallest absolute Gasteiger partial charge is 0.225 e. The van der Waals surface area contributed by atoms with Gasteiger partial charge < -0.3 is 0 Å². The van der Waals surface area contributed by atoms with Gasteiger partial charge in [0.1, 0.15) is 0 Å². The van der Waals surface area contributed by atoms with E-state index in [9.17, 15) is 4.79 Å². The molecule has 99 valence electrons. The van der Waals surface area contributed by atoms with Crippen LogP contribution in [0.25, 0.3) is 0 Å². The van der Waals surface area contributed by atoms with Crippen LogP contribution in [0.2, 0.25) is 0 Å². The second-order valence-corrected chi connectivity index (χ2v) is 4.84. The van der Waals surface area contributed by atoms with E-state index in [1.807, 2.05) is 6.08 Å². The molecule has 17 heavy (non-hydrogen) atoms. The number of hydrogen-bond donors (Lipinski definition) is 0. The second kappa shape index (κ2) is 15.4. The molecule has 0 aromatic rings. The van der Waals surface area contributed by atoms with Gasteiger partial charge in [-0.3, -0.25) is 4.79 Å². The van der Waals surface area contributed by atoms with Crippen LogP contribution < -0.4 is 0 Å². The van der Waals surface area contributed by atoms with Crippen molar-refractivity contribution in [3.63, 3.8) is 0 Å². The molecule has 0 aliphatic heterocycles. The fourth-order valence-corrected chi connectivity index (χ4v) is 2.06. The van der Waals surface area contributed by atoms with Gasteiger partial charge in [-0.1, -0.05) is 77.2 Å². The normalized spacial score (nSPS) is 11.1. The number of unbranched alkanes of at least 4 members (excludes halogenated alkanes) is 11. The van der Waals surface area contributed by atoms with E-state index < -0.39 is 0 Å². The zero-order valence-electron chi connectivity index (χ0n) is 11.5. The summed E-state index contributed by atoms with van der Waals surface area (Å²) in [6.07, 6.45) is 21.3. The van der Waals surface area contributed by atoms with Gasteiger partial charge in [-0.2, -0.15) is 0 Å². The van der Waals surface area contributed by atoms with Crippen molar-refractivity contribution in [3.05, 3.63) is 12.2 Å². The Hall–Kier alpha value is -0.590. The van der Waals surface area contributed by atoms with Gasteiger partial charge in [-0.05, 0) is 18.9 Å². The minimum Gasteiger partial charge on any atom is -0.286 e. The number of allylic oxidation sites excluding steroid dienone is 2. The van der Waals surface area contributed by atoms with Gasteiger partial charge in [0.15, 0.2) is 0 Å². The fraction of sp³-hybridized carbons (Fsp3) is 0.812. The molecular formula is C16H29O. The van der Waals surface area contributed by atoms with E-state index in [-0.39, 0.29) is 0 Å². The van der Waals surface area contributed by atoms with E-state index >= 15 is 0 Å². The first-order valence-electron chi connectivity index (χ1n) is 7.44. The second-order valence-electron chi connectivity index (χ2n) is 4.84.